The van der Waals surface area contributed by atoms with Gasteiger partial charge in [-0.2, -0.15) is 18.2 Å². The predicted molar refractivity (Wildman–Crippen MR) is 91.9 cm³/mol. The molecule has 0 saturated heterocycles. The number of nitrogens with one attached hydrogen (secondary N) is 1. The molecule has 0 radical (unpaired) electrons. The maximum atomic E-state index is 12.7. The van der Waals surface area contributed by atoms with E-state index in [4.69, 9.17) is 11.6 Å². The minimum Gasteiger partial charge on any atom is -0.309 e. The lowest BCUT2D eigenvalue weighted by molar-refractivity contribution is -0.173. The summed E-state index contributed by atoms with van der Waals surface area (Å²) in [6, 6.07) is 8.53. The minimum atomic E-state index is -4.44. The van der Waals surface area contributed by atoms with Crippen LogP contribution < -0.4 is 5.32 Å². The molecule has 0 fully saturated rings. The highest BCUT2D eigenvalue weighted by atomic mass is 35.5. The van der Waals surface area contributed by atoms with Crippen LogP contribution in [0.4, 0.5) is 19.0 Å². The Hall–Kier alpha value is -2.61. The Labute approximate surface area is 151 Å². The van der Waals surface area contributed by atoms with Crippen molar-refractivity contribution in [2.24, 2.45) is 5.92 Å². The summed E-state index contributed by atoms with van der Waals surface area (Å²) in [7, 11) is 0. The van der Waals surface area contributed by atoms with E-state index in [-0.39, 0.29) is 5.82 Å². The van der Waals surface area contributed by atoms with E-state index in [0.29, 0.717) is 22.1 Å². The van der Waals surface area contributed by atoms with Crippen molar-refractivity contribution in [3.05, 3.63) is 47.7 Å². The Morgan fingerprint density at radius 2 is 2.12 bits per heavy atom. The number of anilines is 1. The van der Waals surface area contributed by atoms with Crippen LogP contribution in [-0.4, -0.2) is 26.5 Å². The number of hydrogen-bond acceptors (Lipinski definition) is 3. The number of fused-ring (bicyclic) bond motifs is 1. The van der Waals surface area contributed by atoms with Gasteiger partial charge >= 0.3 is 6.18 Å². The Morgan fingerprint density at radius 1 is 1.35 bits per heavy atom. The first-order valence-corrected chi connectivity index (χ1v) is 8.09. The molecule has 26 heavy (non-hydrogen) atoms. The minimum absolute atomic E-state index is 0.130. The summed E-state index contributed by atoms with van der Waals surface area (Å²) in [6.07, 6.45) is -1.91. The van der Waals surface area contributed by atoms with Gasteiger partial charge in [0.05, 0.1) is 11.6 Å². The van der Waals surface area contributed by atoms with E-state index in [1.165, 1.54) is 6.20 Å². The second kappa shape index (κ2) is 6.95. The third-order valence-corrected chi connectivity index (χ3v) is 4.05. The third kappa shape index (κ3) is 3.80. The standard InChI is InChI=1S/C17H14ClF3N4O/c1-10(17(19,20)21)8-13(26)23-15-14(11-4-2-5-12(18)9-11)25-7-3-6-22-16(25)24-15/h2-7,9-10H,8H2,1H3,(H,23,26). The molecule has 1 aromatic carbocycles. The second-order valence-corrected chi connectivity index (χ2v) is 6.24. The first kappa shape index (κ1) is 18.2. The molecule has 3 aromatic rings. The average Bonchev–Trinajstić information content (AvgIpc) is 2.91. The molecule has 136 valence electrons. The molecule has 0 aliphatic rings. The molecule has 1 amide bonds. The van der Waals surface area contributed by atoms with Gasteiger partial charge in [0.1, 0.15) is 0 Å². The number of aromatic nitrogens is 3. The van der Waals surface area contributed by atoms with Crippen molar-refractivity contribution in [3.63, 3.8) is 0 Å². The summed E-state index contributed by atoms with van der Waals surface area (Å²) >= 11 is 6.03. The molecule has 3 rings (SSSR count). The van der Waals surface area contributed by atoms with E-state index in [2.05, 4.69) is 15.3 Å². The van der Waals surface area contributed by atoms with Crippen LogP contribution in [0.2, 0.25) is 5.02 Å². The summed E-state index contributed by atoms with van der Waals surface area (Å²) in [5.41, 5.74) is 1.14. The fourth-order valence-electron chi connectivity index (χ4n) is 2.46. The molecule has 0 saturated carbocycles. The van der Waals surface area contributed by atoms with Crippen molar-refractivity contribution in [2.75, 3.05) is 5.32 Å². The maximum Gasteiger partial charge on any atom is 0.392 e. The zero-order valence-corrected chi connectivity index (χ0v) is 14.3. The van der Waals surface area contributed by atoms with Crippen LogP contribution in [0, 0.1) is 5.92 Å². The second-order valence-electron chi connectivity index (χ2n) is 5.80. The molecule has 0 spiro atoms. The number of benzene rings is 1. The van der Waals surface area contributed by atoms with E-state index < -0.39 is 24.4 Å². The lowest BCUT2D eigenvalue weighted by atomic mass is 10.1. The molecule has 1 N–H and O–H groups in total. The summed E-state index contributed by atoms with van der Waals surface area (Å²) in [5, 5.41) is 2.94. The molecule has 1 unspecified atom stereocenters. The van der Waals surface area contributed by atoms with Crippen molar-refractivity contribution in [2.45, 2.75) is 19.5 Å². The molecule has 5 nitrogen and oxygen atoms in total. The largest absolute Gasteiger partial charge is 0.392 e. The van der Waals surface area contributed by atoms with E-state index in [9.17, 15) is 18.0 Å². The lowest BCUT2D eigenvalue weighted by Gasteiger charge is -2.15. The predicted octanol–water partition coefficient (Wildman–Crippen LogP) is 4.58. The number of alkyl halides is 3. The lowest BCUT2D eigenvalue weighted by Crippen LogP contribution is -2.25. The molecule has 0 bridgehead atoms. The van der Waals surface area contributed by atoms with Gasteiger partial charge in [-0.05, 0) is 18.2 Å². The summed E-state index contributed by atoms with van der Waals surface area (Å²) < 4.78 is 39.7. The molecule has 2 heterocycles. The van der Waals surface area contributed by atoms with Crippen LogP contribution >= 0.6 is 11.6 Å². The number of carbonyl (C=O) groups excluding carboxylic acids is 1. The van der Waals surface area contributed by atoms with E-state index >= 15 is 0 Å². The number of carbonyl (C=O) groups is 1. The molecule has 9 heteroatoms. The van der Waals surface area contributed by atoms with Gasteiger partial charge in [-0.15, -0.1) is 0 Å². The molecule has 0 aliphatic heterocycles. The fraction of sp³-hybridized carbons (Fsp3) is 0.235. The zero-order valence-electron chi connectivity index (χ0n) is 13.6. The highest BCUT2D eigenvalue weighted by Crippen LogP contribution is 2.32. The SMILES string of the molecule is CC(CC(=O)Nc1nc2ncccn2c1-c1cccc(Cl)c1)C(F)(F)F. The normalized spacial score (nSPS) is 13.0. The van der Waals surface area contributed by atoms with Crippen LogP contribution in [0.25, 0.3) is 17.0 Å². The Morgan fingerprint density at radius 3 is 2.81 bits per heavy atom. The van der Waals surface area contributed by atoms with Gasteiger partial charge in [0, 0.05) is 29.4 Å². The van der Waals surface area contributed by atoms with Crippen LogP contribution in [0.3, 0.4) is 0 Å². The number of halogens is 4. The number of hydrogen-bond donors (Lipinski definition) is 1. The van der Waals surface area contributed by atoms with Crippen molar-refractivity contribution in [3.8, 4) is 11.3 Å². The molecular weight excluding hydrogens is 369 g/mol. The Balaban J connectivity index is 1.98. The molecule has 1 atom stereocenters. The van der Waals surface area contributed by atoms with E-state index in [1.54, 1.807) is 40.9 Å². The monoisotopic (exact) mass is 382 g/mol. The average molecular weight is 383 g/mol. The first-order valence-electron chi connectivity index (χ1n) is 7.71. The highest BCUT2D eigenvalue weighted by Gasteiger charge is 2.37. The summed E-state index contributed by atoms with van der Waals surface area (Å²) in [5.74, 6) is -2.10. The zero-order chi connectivity index (χ0) is 18.9. The Bertz CT molecular complexity index is 955. The number of rotatable bonds is 4. The van der Waals surface area contributed by atoms with Crippen molar-refractivity contribution < 1.29 is 18.0 Å². The van der Waals surface area contributed by atoms with Crippen LogP contribution in [0.15, 0.2) is 42.7 Å². The summed E-state index contributed by atoms with van der Waals surface area (Å²) in [4.78, 5) is 20.4. The van der Waals surface area contributed by atoms with Gasteiger partial charge in [0.2, 0.25) is 11.7 Å². The topological polar surface area (TPSA) is 59.3 Å². The smallest absolute Gasteiger partial charge is 0.309 e. The van der Waals surface area contributed by atoms with Crippen molar-refractivity contribution in [1.29, 1.82) is 0 Å². The van der Waals surface area contributed by atoms with Gasteiger partial charge in [-0.1, -0.05) is 30.7 Å². The molecule has 0 aliphatic carbocycles. The number of nitrogens with zero attached hydrogens (tertiary/aromatic N) is 3. The van der Waals surface area contributed by atoms with Crippen LogP contribution in [-0.2, 0) is 4.79 Å². The molecular formula is C17H14ClF3N4O. The van der Waals surface area contributed by atoms with Crippen LogP contribution in [0.1, 0.15) is 13.3 Å². The van der Waals surface area contributed by atoms with Gasteiger partial charge < -0.3 is 5.32 Å². The third-order valence-electron chi connectivity index (χ3n) is 3.81. The van der Waals surface area contributed by atoms with Gasteiger partial charge in [0.15, 0.2) is 5.82 Å². The Kier molecular flexibility index (Phi) is 4.86. The maximum absolute atomic E-state index is 12.7. The van der Waals surface area contributed by atoms with Gasteiger partial charge in [-0.25, -0.2) is 4.98 Å². The van der Waals surface area contributed by atoms with Crippen LogP contribution in [0.5, 0.6) is 0 Å². The summed E-state index contributed by atoms with van der Waals surface area (Å²) in [6.45, 7) is 0.961. The van der Waals surface area contributed by atoms with E-state index in [0.717, 1.165) is 6.92 Å². The first-order chi connectivity index (χ1) is 12.3. The molecule has 2 aromatic heterocycles. The quantitative estimate of drug-likeness (QED) is 0.718. The van der Waals surface area contributed by atoms with Gasteiger partial charge in [-0.3, -0.25) is 9.20 Å². The number of amides is 1. The van der Waals surface area contributed by atoms with Crippen molar-refractivity contribution in [1.82, 2.24) is 14.4 Å². The number of imidazole rings is 1. The van der Waals surface area contributed by atoms with E-state index in [1.807, 2.05) is 0 Å². The van der Waals surface area contributed by atoms with Crippen molar-refractivity contribution >= 4 is 29.1 Å². The highest BCUT2D eigenvalue weighted by molar-refractivity contribution is 6.30. The van der Waals surface area contributed by atoms with Gasteiger partial charge in [0.25, 0.3) is 0 Å². The fourth-order valence-corrected chi connectivity index (χ4v) is 2.65.